The molecule has 1 fully saturated rings. The third-order valence-electron chi connectivity index (χ3n) is 3.68. The van der Waals surface area contributed by atoms with Crippen molar-refractivity contribution >= 4 is 23.5 Å². The fraction of sp³-hybridized carbons (Fsp3) is 0.500. The van der Waals surface area contributed by atoms with Crippen LogP contribution in [0, 0.1) is 0 Å². The van der Waals surface area contributed by atoms with Gasteiger partial charge in [0.25, 0.3) is 5.91 Å². The number of carboxylic acids is 1. The Kier molecular flexibility index (Phi) is 4.60. The minimum absolute atomic E-state index is 0.0589. The van der Waals surface area contributed by atoms with Crippen molar-refractivity contribution in [2.24, 2.45) is 0 Å². The van der Waals surface area contributed by atoms with Crippen molar-refractivity contribution in [3.05, 3.63) is 29.0 Å². The van der Waals surface area contributed by atoms with E-state index in [2.05, 4.69) is 10.3 Å². The molecule has 2 N–H and O–H groups in total. The van der Waals surface area contributed by atoms with Gasteiger partial charge in [0.15, 0.2) is 0 Å². The van der Waals surface area contributed by atoms with Crippen LogP contribution >= 0.6 is 11.6 Å². The molecule has 0 aliphatic heterocycles. The number of aliphatic carboxylic acids is 1. The highest BCUT2D eigenvalue weighted by atomic mass is 35.5. The standard InChI is InChI=1S/C14H17ClN2O3/c15-12-10(5-4-8-16-12)13(20)17-14(9-11(18)19)6-2-1-3-7-14/h4-5,8H,1-3,6-7,9H2,(H,17,20)(H,18,19). The molecule has 0 radical (unpaired) electrons. The summed E-state index contributed by atoms with van der Waals surface area (Å²) in [6.45, 7) is 0. The Morgan fingerprint density at radius 3 is 2.65 bits per heavy atom. The van der Waals surface area contributed by atoms with Gasteiger partial charge in [-0.3, -0.25) is 9.59 Å². The number of nitrogens with one attached hydrogen (secondary N) is 1. The van der Waals surface area contributed by atoms with Crippen LogP contribution in [0.4, 0.5) is 0 Å². The maximum absolute atomic E-state index is 12.3. The van der Waals surface area contributed by atoms with Crippen molar-refractivity contribution < 1.29 is 14.7 Å². The molecule has 1 aliphatic carbocycles. The van der Waals surface area contributed by atoms with E-state index in [9.17, 15) is 9.59 Å². The first-order valence-electron chi connectivity index (χ1n) is 6.67. The second kappa shape index (κ2) is 6.22. The highest BCUT2D eigenvalue weighted by molar-refractivity contribution is 6.32. The fourth-order valence-corrected chi connectivity index (χ4v) is 2.93. The van der Waals surface area contributed by atoms with Gasteiger partial charge in [-0.1, -0.05) is 30.9 Å². The Morgan fingerprint density at radius 1 is 1.35 bits per heavy atom. The van der Waals surface area contributed by atoms with E-state index in [1.54, 1.807) is 12.1 Å². The van der Waals surface area contributed by atoms with Crippen LogP contribution in [-0.4, -0.2) is 27.5 Å². The lowest BCUT2D eigenvalue weighted by Gasteiger charge is -2.37. The van der Waals surface area contributed by atoms with Gasteiger partial charge in [0, 0.05) is 6.20 Å². The summed E-state index contributed by atoms with van der Waals surface area (Å²) in [5, 5.41) is 12.1. The Labute approximate surface area is 122 Å². The summed E-state index contributed by atoms with van der Waals surface area (Å²) in [7, 11) is 0. The Bertz CT molecular complexity index is 513. The van der Waals surface area contributed by atoms with E-state index < -0.39 is 11.5 Å². The molecule has 1 amide bonds. The van der Waals surface area contributed by atoms with Gasteiger partial charge in [-0.15, -0.1) is 0 Å². The molecular formula is C14H17ClN2O3. The zero-order valence-electron chi connectivity index (χ0n) is 11.1. The minimum atomic E-state index is -0.899. The summed E-state index contributed by atoms with van der Waals surface area (Å²) in [5.74, 6) is -1.25. The third kappa shape index (κ3) is 3.48. The molecule has 0 aromatic carbocycles. The molecule has 0 bridgehead atoms. The molecule has 1 aromatic rings. The van der Waals surface area contributed by atoms with Crippen LogP contribution in [0.15, 0.2) is 18.3 Å². The lowest BCUT2D eigenvalue weighted by Crippen LogP contribution is -2.51. The zero-order chi connectivity index (χ0) is 14.6. The van der Waals surface area contributed by atoms with Crippen LogP contribution in [-0.2, 0) is 4.79 Å². The minimum Gasteiger partial charge on any atom is -0.481 e. The molecule has 108 valence electrons. The van der Waals surface area contributed by atoms with Crippen molar-refractivity contribution in [1.29, 1.82) is 0 Å². The molecule has 0 unspecified atom stereocenters. The van der Waals surface area contributed by atoms with Crippen LogP contribution in [0.25, 0.3) is 0 Å². The number of amides is 1. The number of halogens is 1. The fourth-order valence-electron chi connectivity index (χ4n) is 2.73. The van der Waals surface area contributed by atoms with E-state index >= 15 is 0 Å². The van der Waals surface area contributed by atoms with Gasteiger partial charge in [-0.05, 0) is 25.0 Å². The van der Waals surface area contributed by atoms with Crippen LogP contribution in [0.1, 0.15) is 48.9 Å². The number of carbonyl (C=O) groups excluding carboxylic acids is 1. The van der Waals surface area contributed by atoms with Crippen molar-refractivity contribution in [2.45, 2.75) is 44.1 Å². The van der Waals surface area contributed by atoms with Crippen LogP contribution < -0.4 is 5.32 Å². The smallest absolute Gasteiger partial charge is 0.305 e. The average molecular weight is 297 g/mol. The monoisotopic (exact) mass is 296 g/mol. The van der Waals surface area contributed by atoms with Gasteiger partial charge >= 0.3 is 5.97 Å². The van der Waals surface area contributed by atoms with E-state index in [4.69, 9.17) is 16.7 Å². The molecule has 0 saturated heterocycles. The topological polar surface area (TPSA) is 79.3 Å². The number of nitrogens with zero attached hydrogens (tertiary/aromatic N) is 1. The van der Waals surface area contributed by atoms with Crippen LogP contribution in [0.3, 0.4) is 0 Å². The first-order chi connectivity index (χ1) is 9.52. The second-order valence-corrected chi connectivity index (χ2v) is 5.57. The summed E-state index contributed by atoms with van der Waals surface area (Å²) >= 11 is 5.90. The number of rotatable bonds is 4. The highest BCUT2D eigenvalue weighted by Crippen LogP contribution is 2.31. The Hall–Kier alpha value is -1.62. The average Bonchev–Trinajstić information content (AvgIpc) is 2.39. The molecule has 2 rings (SSSR count). The molecule has 1 aromatic heterocycles. The first kappa shape index (κ1) is 14.8. The second-order valence-electron chi connectivity index (χ2n) is 5.21. The summed E-state index contributed by atoms with van der Waals surface area (Å²) in [5.41, 5.74) is -0.384. The largest absolute Gasteiger partial charge is 0.481 e. The van der Waals surface area contributed by atoms with Gasteiger partial charge in [-0.25, -0.2) is 4.98 Å². The summed E-state index contributed by atoms with van der Waals surface area (Å²) < 4.78 is 0. The highest BCUT2D eigenvalue weighted by Gasteiger charge is 2.36. The molecule has 0 atom stereocenters. The van der Waals surface area contributed by atoms with Gasteiger partial charge in [0.05, 0.1) is 17.5 Å². The predicted molar refractivity (Wildman–Crippen MR) is 74.8 cm³/mol. The number of pyridine rings is 1. The number of carboxylic acid groups (broad SMARTS) is 1. The number of hydrogen-bond donors (Lipinski definition) is 2. The Balaban J connectivity index is 2.17. The Morgan fingerprint density at radius 2 is 2.05 bits per heavy atom. The van der Waals surface area contributed by atoms with E-state index in [0.717, 1.165) is 19.3 Å². The maximum atomic E-state index is 12.3. The molecule has 5 nitrogen and oxygen atoms in total. The predicted octanol–water partition coefficient (Wildman–Crippen LogP) is 2.64. The number of aromatic nitrogens is 1. The molecule has 1 heterocycles. The van der Waals surface area contributed by atoms with Crippen LogP contribution in [0.2, 0.25) is 5.15 Å². The van der Waals surface area contributed by atoms with E-state index in [1.165, 1.54) is 6.20 Å². The maximum Gasteiger partial charge on any atom is 0.305 e. The van der Waals surface area contributed by atoms with Crippen LogP contribution in [0.5, 0.6) is 0 Å². The third-order valence-corrected chi connectivity index (χ3v) is 3.98. The summed E-state index contributed by atoms with van der Waals surface area (Å²) in [6, 6.07) is 3.22. The lowest BCUT2D eigenvalue weighted by atomic mass is 9.79. The molecule has 0 spiro atoms. The quantitative estimate of drug-likeness (QED) is 0.837. The molecule has 1 saturated carbocycles. The van der Waals surface area contributed by atoms with E-state index in [1.807, 2.05) is 0 Å². The van der Waals surface area contributed by atoms with E-state index in [0.29, 0.717) is 12.8 Å². The van der Waals surface area contributed by atoms with Gasteiger partial charge in [-0.2, -0.15) is 0 Å². The molecule has 20 heavy (non-hydrogen) atoms. The first-order valence-corrected chi connectivity index (χ1v) is 7.05. The van der Waals surface area contributed by atoms with Crippen molar-refractivity contribution in [1.82, 2.24) is 10.3 Å². The number of hydrogen-bond acceptors (Lipinski definition) is 3. The lowest BCUT2D eigenvalue weighted by molar-refractivity contribution is -0.139. The summed E-state index contributed by atoms with van der Waals surface area (Å²) in [4.78, 5) is 27.2. The molecular weight excluding hydrogens is 280 g/mol. The SMILES string of the molecule is O=C(O)CC1(NC(=O)c2cccnc2Cl)CCCCC1. The normalized spacial score (nSPS) is 17.4. The van der Waals surface area contributed by atoms with Gasteiger partial charge < -0.3 is 10.4 Å². The van der Waals surface area contributed by atoms with Gasteiger partial charge in [0.1, 0.15) is 5.15 Å². The van der Waals surface area contributed by atoms with Gasteiger partial charge in [0.2, 0.25) is 0 Å². The summed E-state index contributed by atoms with van der Waals surface area (Å²) in [6.07, 6.45) is 5.74. The number of carbonyl (C=O) groups is 2. The zero-order valence-corrected chi connectivity index (χ0v) is 11.8. The molecule has 6 heteroatoms. The van der Waals surface area contributed by atoms with Crippen molar-refractivity contribution in [3.63, 3.8) is 0 Å². The van der Waals surface area contributed by atoms with Crippen molar-refractivity contribution in [2.75, 3.05) is 0 Å². The van der Waals surface area contributed by atoms with E-state index in [-0.39, 0.29) is 23.0 Å². The molecule has 1 aliphatic rings. The van der Waals surface area contributed by atoms with Crippen molar-refractivity contribution in [3.8, 4) is 0 Å².